The summed E-state index contributed by atoms with van der Waals surface area (Å²) >= 11 is 0. The first kappa shape index (κ1) is 18.3. The number of hydrogen-bond acceptors (Lipinski definition) is 2. The van der Waals surface area contributed by atoms with Crippen molar-refractivity contribution in [3.63, 3.8) is 0 Å². The molecule has 0 heterocycles. The number of hydrogen-bond donors (Lipinski definition) is 1. The summed E-state index contributed by atoms with van der Waals surface area (Å²) in [5.41, 5.74) is 0.717. The minimum Gasteiger partial charge on any atom is -0.495 e. The third-order valence-corrected chi connectivity index (χ3v) is 3.59. The Bertz CT molecular complexity index is 446. The van der Waals surface area contributed by atoms with E-state index in [1.54, 1.807) is 7.11 Å². The highest BCUT2D eigenvalue weighted by molar-refractivity contribution is 5.90. The van der Waals surface area contributed by atoms with Gasteiger partial charge in [0.05, 0.1) is 12.8 Å². The SMILES string of the molecule is COc1ccccc1NC(=O)N(CCC(C)C)CCC(C)C. The highest BCUT2D eigenvalue weighted by atomic mass is 16.5. The van der Waals surface area contributed by atoms with E-state index in [9.17, 15) is 4.79 Å². The Kier molecular flexibility index (Phi) is 7.78. The van der Waals surface area contributed by atoms with Crippen molar-refractivity contribution in [3.05, 3.63) is 24.3 Å². The number of amides is 2. The molecule has 0 aliphatic carbocycles. The molecule has 4 nitrogen and oxygen atoms in total. The minimum absolute atomic E-state index is 0.0502. The summed E-state index contributed by atoms with van der Waals surface area (Å²) in [5, 5.41) is 2.97. The number of carbonyl (C=O) groups excluding carboxylic acids is 1. The van der Waals surface area contributed by atoms with E-state index in [1.165, 1.54) is 0 Å². The van der Waals surface area contributed by atoms with Gasteiger partial charge < -0.3 is 15.0 Å². The molecule has 0 atom stereocenters. The largest absolute Gasteiger partial charge is 0.495 e. The Morgan fingerprint density at radius 1 is 1.09 bits per heavy atom. The van der Waals surface area contributed by atoms with Crippen LogP contribution in [0.25, 0.3) is 0 Å². The molecular formula is C18H30N2O2. The van der Waals surface area contributed by atoms with E-state index >= 15 is 0 Å². The van der Waals surface area contributed by atoms with E-state index in [1.807, 2.05) is 29.2 Å². The number of benzene rings is 1. The van der Waals surface area contributed by atoms with Crippen LogP contribution in [0.4, 0.5) is 10.5 Å². The maximum Gasteiger partial charge on any atom is 0.321 e. The Morgan fingerprint density at radius 2 is 1.64 bits per heavy atom. The highest BCUT2D eigenvalue weighted by Crippen LogP contribution is 2.23. The smallest absolute Gasteiger partial charge is 0.321 e. The number of nitrogens with one attached hydrogen (secondary N) is 1. The van der Waals surface area contributed by atoms with Crippen molar-refractivity contribution >= 4 is 11.7 Å². The summed E-state index contributed by atoms with van der Waals surface area (Å²) in [6, 6.07) is 7.45. The van der Waals surface area contributed by atoms with Crippen molar-refractivity contribution in [2.24, 2.45) is 11.8 Å². The summed E-state index contributed by atoms with van der Waals surface area (Å²) in [6.45, 7) is 10.3. The molecule has 0 aliphatic heterocycles. The number of rotatable bonds is 8. The summed E-state index contributed by atoms with van der Waals surface area (Å²) in [4.78, 5) is 14.5. The van der Waals surface area contributed by atoms with Crippen molar-refractivity contribution in [2.45, 2.75) is 40.5 Å². The Hall–Kier alpha value is -1.71. The molecule has 0 aliphatic rings. The van der Waals surface area contributed by atoms with E-state index < -0.39 is 0 Å². The van der Waals surface area contributed by atoms with Crippen LogP contribution in [0, 0.1) is 11.8 Å². The van der Waals surface area contributed by atoms with Gasteiger partial charge >= 0.3 is 6.03 Å². The molecule has 0 radical (unpaired) electrons. The number of nitrogens with zero attached hydrogens (tertiary/aromatic N) is 1. The van der Waals surface area contributed by atoms with Gasteiger partial charge in [-0.15, -0.1) is 0 Å². The van der Waals surface area contributed by atoms with E-state index in [0.717, 1.165) is 25.9 Å². The molecule has 0 saturated heterocycles. The van der Waals surface area contributed by atoms with Gasteiger partial charge in [0.25, 0.3) is 0 Å². The normalized spacial score (nSPS) is 10.9. The van der Waals surface area contributed by atoms with Crippen LogP contribution >= 0.6 is 0 Å². The maximum atomic E-state index is 12.6. The van der Waals surface area contributed by atoms with Gasteiger partial charge in [-0.25, -0.2) is 4.79 Å². The lowest BCUT2D eigenvalue weighted by molar-refractivity contribution is 0.205. The molecule has 1 rings (SSSR count). The molecule has 1 aromatic rings. The molecule has 1 aromatic carbocycles. The monoisotopic (exact) mass is 306 g/mol. The fourth-order valence-corrected chi connectivity index (χ4v) is 2.09. The number of anilines is 1. The molecule has 22 heavy (non-hydrogen) atoms. The van der Waals surface area contributed by atoms with Gasteiger partial charge in [-0.2, -0.15) is 0 Å². The van der Waals surface area contributed by atoms with Gasteiger partial charge in [0.1, 0.15) is 5.75 Å². The zero-order valence-corrected chi connectivity index (χ0v) is 14.6. The van der Waals surface area contributed by atoms with Crippen LogP contribution in [0.5, 0.6) is 5.75 Å². The second-order valence-electron chi connectivity index (χ2n) is 6.48. The van der Waals surface area contributed by atoms with Crippen LogP contribution in [-0.4, -0.2) is 31.1 Å². The van der Waals surface area contributed by atoms with Gasteiger partial charge in [-0.1, -0.05) is 39.8 Å². The van der Waals surface area contributed by atoms with E-state index in [0.29, 0.717) is 23.3 Å². The van der Waals surface area contributed by atoms with Gasteiger partial charge in [-0.3, -0.25) is 0 Å². The minimum atomic E-state index is -0.0502. The molecule has 2 amide bonds. The highest BCUT2D eigenvalue weighted by Gasteiger charge is 2.16. The average molecular weight is 306 g/mol. The van der Waals surface area contributed by atoms with E-state index in [2.05, 4.69) is 33.0 Å². The molecule has 0 fully saturated rings. The molecule has 0 spiro atoms. The van der Waals surface area contributed by atoms with Crippen LogP contribution < -0.4 is 10.1 Å². The Balaban J connectivity index is 2.72. The Labute approximate surface area is 134 Å². The summed E-state index contributed by atoms with van der Waals surface area (Å²) in [7, 11) is 1.61. The van der Waals surface area contributed by atoms with Crippen molar-refractivity contribution < 1.29 is 9.53 Å². The first-order valence-corrected chi connectivity index (χ1v) is 8.13. The topological polar surface area (TPSA) is 41.6 Å². The first-order valence-electron chi connectivity index (χ1n) is 8.13. The second kappa shape index (κ2) is 9.34. The lowest BCUT2D eigenvalue weighted by Crippen LogP contribution is -2.37. The van der Waals surface area contributed by atoms with Crippen LogP contribution in [0.2, 0.25) is 0 Å². The number of methoxy groups -OCH3 is 1. The first-order chi connectivity index (χ1) is 10.4. The fourth-order valence-electron chi connectivity index (χ4n) is 2.09. The molecule has 4 heteroatoms. The van der Waals surface area contributed by atoms with Gasteiger partial charge in [0.2, 0.25) is 0 Å². The van der Waals surface area contributed by atoms with Crippen molar-refractivity contribution in [1.82, 2.24) is 4.90 Å². The number of urea groups is 1. The van der Waals surface area contributed by atoms with Gasteiger partial charge in [0.15, 0.2) is 0 Å². The van der Waals surface area contributed by atoms with Gasteiger partial charge in [-0.05, 0) is 36.8 Å². The summed E-state index contributed by atoms with van der Waals surface area (Å²) in [5.74, 6) is 1.85. The zero-order valence-electron chi connectivity index (χ0n) is 14.6. The fraction of sp³-hybridized carbons (Fsp3) is 0.611. The summed E-state index contributed by atoms with van der Waals surface area (Å²) < 4.78 is 5.29. The molecule has 0 aromatic heterocycles. The van der Waals surface area contributed by atoms with Crippen molar-refractivity contribution in [1.29, 1.82) is 0 Å². The second-order valence-corrected chi connectivity index (χ2v) is 6.48. The lowest BCUT2D eigenvalue weighted by atomic mass is 10.1. The third kappa shape index (κ3) is 6.37. The number of carbonyl (C=O) groups is 1. The quantitative estimate of drug-likeness (QED) is 0.761. The van der Waals surface area contributed by atoms with Crippen LogP contribution in [0.3, 0.4) is 0 Å². The van der Waals surface area contributed by atoms with Crippen molar-refractivity contribution in [2.75, 3.05) is 25.5 Å². The number of ether oxygens (including phenoxy) is 1. The predicted molar refractivity (Wildman–Crippen MR) is 92.5 cm³/mol. The van der Waals surface area contributed by atoms with Gasteiger partial charge in [0, 0.05) is 13.1 Å². The summed E-state index contributed by atoms with van der Waals surface area (Å²) in [6.07, 6.45) is 2.02. The zero-order chi connectivity index (χ0) is 16.5. The van der Waals surface area contributed by atoms with Crippen molar-refractivity contribution in [3.8, 4) is 5.75 Å². The molecule has 0 saturated carbocycles. The average Bonchev–Trinajstić information content (AvgIpc) is 2.47. The molecular weight excluding hydrogens is 276 g/mol. The van der Waals surface area contributed by atoms with Crippen LogP contribution in [-0.2, 0) is 0 Å². The van der Waals surface area contributed by atoms with E-state index in [-0.39, 0.29) is 6.03 Å². The lowest BCUT2D eigenvalue weighted by Gasteiger charge is -2.25. The maximum absolute atomic E-state index is 12.6. The van der Waals surface area contributed by atoms with Crippen LogP contribution in [0.15, 0.2) is 24.3 Å². The van der Waals surface area contributed by atoms with E-state index in [4.69, 9.17) is 4.74 Å². The third-order valence-electron chi connectivity index (χ3n) is 3.59. The molecule has 1 N–H and O–H groups in total. The number of para-hydroxylation sites is 2. The predicted octanol–water partition coefficient (Wildman–Crippen LogP) is 4.62. The van der Waals surface area contributed by atoms with Crippen LogP contribution in [0.1, 0.15) is 40.5 Å². The molecule has 0 bridgehead atoms. The standard InChI is InChI=1S/C18H30N2O2/c1-14(2)10-12-20(13-11-15(3)4)18(21)19-16-8-6-7-9-17(16)22-5/h6-9,14-15H,10-13H2,1-5H3,(H,19,21). The Morgan fingerprint density at radius 3 is 2.14 bits per heavy atom. The molecule has 124 valence electrons. The molecule has 0 unspecified atom stereocenters.